The van der Waals surface area contributed by atoms with E-state index in [4.69, 9.17) is 16.0 Å². The lowest BCUT2D eigenvalue weighted by molar-refractivity contribution is 0.282. The highest BCUT2D eigenvalue weighted by molar-refractivity contribution is 5.80. The highest BCUT2D eigenvalue weighted by Crippen LogP contribution is 1.97. The summed E-state index contributed by atoms with van der Waals surface area (Å²) in [7, 11) is 0. The van der Waals surface area contributed by atoms with Gasteiger partial charge in [0.2, 0.25) is 0 Å². The van der Waals surface area contributed by atoms with Crippen LogP contribution in [0.2, 0.25) is 0 Å². The molecule has 5 heteroatoms. The van der Waals surface area contributed by atoms with Gasteiger partial charge in [-0.25, -0.2) is 0 Å². The molecule has 1 unspecified atom stereocenters. The van der Waals surface area contributed by atoms with E-state index >= 15 is 0 Å². The Hall–Kier alpha value is -0.810. The molecule has 5 nitrogen and oxygen atoms in total. The molecule has 0 amide bonds. The highest BCUT2D eigenvalue weighted by Gasteiger charge is 2.07. The van der Waals surface area contributed by atoms with Crippen molar-refractivity contribution < 1.29 is 10.3 Å². The van der Waals surface area contributed by atoms with E-state index in [1.807, 2.05) is 6.92 Å². The first-order valence-electron chi connectivity index (χ1n) is 4.55. The van der Waals surface area contributed by atoms with Gasteiger partial charge in [0.25, 0.3) is 0 Å². The van der Waals surface area contributed by atoms with E-state index in [0.29, 0.717) is 6.42 Å². The molecule has 0 aromatic carbocycles. The van der Waals surface area contributed by atoms with Crippen molar-refractivity contribution in [3.8, 4) is 0 Å². The molecule has 0 aliphatic carbocycles. The molecule has 0 saturated carbocycles. The molecule has 0 fully saturated rings. The first-order chi connectivity index (χ1) is 6.24. The molecule has 0 aliphatic heterocycles. The number of aliphatic hydroxyl groups is 1. The summed E-state index contributed by atoms with van der Waals surface area (Å²) in [6, 6.07) is 0.224. The maximum absolute atomic E-state index is 8.55. The highest BCUT2D eigenvalue weighted by atomic mass is 16.4. The lowest BCUT2D eigenvalue weighted by Crippen LogP contribution is -2.34. The Morgan fingerprint density at radius 2 is 2.31 bits per heavy atom. The summed E-state index contributed by atoms with van der Waals surface area (Å²) in [6.07, 6.45) is 2.19. The molecule has 0 bridgehead atoms. The van der Waals surface area contributed by atoms with Crippen molar-refractivity contribution in [2.45, 2.75) is 32.2 Å². The summed E-state index contributed by atoms with van der Waals surface area (Å²) in [5.74, 6) is 0.239. The van der Waals surface area contributed by atoms with Crippen LogP contribution in [0.25, 0.3) is 0 Å². The molecule has 0 spiro atoms. The summed E-state index contributed by atoms with van der Waals surface area (Å²) >= 11 is 0. The Morgan fingerprint density at radius 3 is 2.77 bits per heavy atom. The zero-order chi connectivity index (χ0) is 10.1. The maximum atomic E-state index is 8.55. The van der Waals surface area contributed by atoms with Gasteiger partial charge < -0.3 is 21.4 Å². The number of nitrogens with zero attached hydrogens (tertiary/aromatic N) is 1. The van der Waals surface area contributed by atoms with Crippen LogP contribution in [0.1, 0.15) is 26.2 Å². The molecule has 0 aromatic rings. The predicted molar refractivity (Wildman–Crippen MR) is 51.8 cm³/mol. The van der Waals surface area contributed by atoms with Crippen LogP contribution in [-0.2, 0) is 0 Å². The Kier molecular flexibility index (Phi) is 7.33. The van der Waals surface area contributed by atoms with Crippen molar-refractivity contribution >= 4 is 5.84 Å². The van der Waals surface area contributed by atoms with E-state index < -0.39 is 0 Å². The monoisotopic (exact) mass is 189 g/mol. The average molecular weight is 189 g/mol. The van der Waals surface area contributed by atoms with E-state index in [9.17, 15) is 0 Å². The van der Waals surface area contributed by atoms with Gasteiger partial charge in [-0.3, -0.25) is 0 Å². The Labute approximate surface area is 78.6 Å². The van der Waals surface area contributed by atoms with Gasteiger partial charge in [-0.1, -0.05) is 12.1 Å². The van der Waals surface area contributed by atoms with Crippen LogP contribution in [0.3, 0.4) is 0 Å². The topological polar surface area (TPSA) is 90.9 Å². The van der Waals surface area contributed by atoms with Crippen molar-refractivity contribution in [3.05, 3.63) is 0 Å². The summed E-state index contributed by atoms with van der Waals surface area (Å²) in [6.45, 7) is 2.97. The van der Waals surface area contributed by atoms with Gasteiger partial charge in [-0.05, 0) is 19.4 Å². The molecular formula is C8H19N3O2. The zero-order valence-corrected chi connectivity index (χ0v) is 8.03. The van der Waals surface area contributed by atoms with Crippen LogP contribution in [0, 0.1) is 0 Å². The van der Waals surface area contributed by atoms with Gasteiger partial charge >= 0.3 is 0 Å². The summed E-state index contributed by atoms with van der Waals surface area (Å²) in [5.41, 5.74) is 5.36. The van der Waals surface area contributed by atoms with Gasteiger partial charge in [-0.2, -0.15) is 0 Å². The second-order valence-electron chi connectivity index (χ2n) is 2.93. The fraction of sp³-hybridized carbons (Fsp3) is 0.875. The largest absolute Gasteiger partial charge is 0.409 e. The number of amidine groups is 1. The number of aliphatic hydroxyl groups excluding tert-OH is 1. The number of nitrogens with two attached hydrogens (primary N) is 1. The Bertz CT molecular complexity index is 150. The Balaban J connectivity index is 3.63. The molecule has 0 rings (SSSR count). The van der Waals surface area contributed by atoms with Gasteiger partial charge in [0.15, 0.2) is 0 Å². The van der Waals surface area contributed by atoms with Crippen molar-refractivity contribution in [1.29, 1.82) is 0 Å². The summed E-state index contributed by atoms with van der Waals surface area (Å²) in [4.78, 5) is 0. The van der Waals surface area contributed by atoms with Crippen LogP contribution in [0.5, 0.6) is 0 Å². The van der Waals surface area contributed by atoms with Gasteiger partial charge in [-0.15, -0.1) is 0 Å². The van der Waals surface area contributed by atoms with E-state index in [0.717, 1.165) is 19.4 Å². The van der Waals surface area contributed by atoms with E-state index in [2.05, 4.69) is 10.5 Å². The van der Waals surface area contributed by atoms with Crippen molar-refractivity contribution in [2.24, 2.45) is 10.9 Å². The average Bonchev–Trinajstić information content (AvgIpc) is 2.16. The third-order valence-corrected chi connectivity index (χ3v) is 1.84. The number of nitrogens with one attached hydrogen (secondary N) is 1. The first-order valence-corrected chi connectivity index (χ1v) is 4.55. The predicted octanol–water partition coefficient (Wildman–Crippen LogP) is -0.126. The number of hydrogen-bond acceptors (Lipinski definition) is 4. The standard InChI is InChI=1S/C8H19N3O2/c1-2-7(6-8(9)11-13)10-4-3-5-12/h7,10,12-13H,2-6H2,1H3,(H2,9,11). The van der Waals surface area contributed by atoms with Gasteiger partial charge in [0, 0.05) is 19.1 Å². The van der Waals surface area contributed by atoms with Crippen molar-refractivity contribution in [3.63, 3.8) is 0 Å². The van der Waals surface area contributed by atoms with Crippen LogP contribution >= 0.6 is 0 Å². The fourth-order valence-corrected chi connectivity index (χ4v) is 1.04. The molecule has 0 saturated heterocycles. The molecule has 0 heterocycles. The normalized spacial score (nSPS) is 14.5. The fourth-order valence-electron chi connectivity index (χ4n) is 1.04. The minimum absolute atomic E-state index is 0.188. The minimum atomic E-state index is 0.188. The molecule has 78 valence electrons. The van der Waals surface area contributed by atoms with E-state index in [-0.39, 0.29) is 18.5 Å². The maximum Gasteiger partial charge on any atom is 0.140 e. The SMILES string of the molecule is CCC(CC(N)=NO)NCCCO. The molecule has 5 N–H and O–H groups in total. The molecular weight excluding hydrogens is 170 g/mol. The van der Waals surface area contributed by atoms with Crippen LogP contribution < -0.4 is 11.1 Å². The summed E-state index contributed by atoms with van der Waals surface area (Å²) in [5, 5.41) is 23.0. The van der Waals surface area contributed by atoms with E-state index in [1.165, 1.54) is 0 Å². The smallest absolute Gasteiger partial charge is 0.140 e. The second kappa shape index (κ2) is 7.82. The van der Waals surface area contributed by atoms with Crippen molar-refractivity contribution in [1.82, 2.24) is 5.32 Å². The molecule has 0 radical (unpaired) electrons. The minimum Gasteiger partial charge on any atom is -0.409 e. The third kappa shape index (κ3) is 6.36. The van der Waals surface area contributed by atoms with E-state index in [1.54, 1.807) is 0 Å². The lowest BCUT2D eigenvalue weighted by Gasteiger charge is -2.15. The lowest BCUT2D eigenvalue weighted by atomic mass is 10.1. The second-order valence-corrected chi connectivity index (χ2v) is 2.93. The summed E-state index contributed by atoms with van der Waals surface area (Å²) < 4.78 is 0. The van der Waals surface area contributed by atoms with Crippen molar-refractivity contribution in [2.75, 3.05) is 13.2 Å². The number of rotatable bonds is 7. The molecule has 0 aromatic heterocycles. The first kappa shape index (κ1) is 12.2. The molecule has 13 heavy (non-hydrogen) atoms. The van der Waals surface area contributed by atoms with Gasteiger partial charge in [0.05, 0.1) is 0 Å². The molecule has 0 aliphatic rings. The van der Waals surface area contributed by atoms with Crippen LogP contribution in [0.15, 0.2) is 5.16 Å². The van der Waals surface area contributed by atoms with Crippen LogP contribution in [0.4, 0.5) is 0 Å². The molecule has 1 atom stereocenters. The third-order valence-electron chi connectivity index (χ3n) is 1.84. The Morgan fingerprint density at radius 1 is 1.62 bits per heavy atom. The van der Waals surface area contributed by atoms with Gasteiger partial charge in [0.1, 0.15) is 5.84 Å². The number of oxime groups is 1. The zero-order valence-electron chi connectivity index (χ0n) is 8.03. The quantitative estimate of drug-likeness (QED) is 0.148. The number of hydrogen-bond donors (Lipinski definition) is 4. The van der Waals surface area contributed by atoms with Crippen LogP contribution in [-0.4, -0.2) is 35.3 Å².